The van der Waals surface area contributed by atoms with Crippen LogP contribution in [0.3, 0.4) is 0 Å². The van der Waals surface area contributed by atoms with Gasteiger partial charge in [0.05, 0.1) is 0 Å². The van der Waals surface area contributed by atoms with Crippen molar-refractivity contribution in [2.75, 3.05) is 4.90 Å². The van der Waals surface area contributed by atoms with Gasteiger partial charge in [0.25, 0.3) is 0 Å². The highest BCUT2D eigenvalue weighted by atomic mass is 35.5. The minimum Gasteiger partial charge on any atom is -0.351 e. The zero-order chi connectivity index (χ0) is 13.1. The van der Waals surface area contributed by atoms with E-state index in [1.54, 1.807) is 0 Å². The first-order chi connectivity index (χ1) is 8.69. The Balaban J connectivity index is 2.36. The van der Waals surface area contributed by atoms with Gasteiger partial charge in [-0.2, -0.15) is 0 Å². The predicted octanol–water partition coefficient (Wildman–Crippen LogP) is 4.15. The number of pyridine rings is 1. The third-order valence-electron chi connectivity index (χ3n) is 3.96. The highest BCUT2D eigenvalue weighted by Gasteiger charge is 2.30. The number of nitrogens with zero attached hydrogens (tertiary/aromatic N) is 2. The fourth-order valence-corrected chi connectivity index (χ4v) is 3.06. The van der Waals surface area contributed by atoms with Gasteiger partial charge in [-0.25, -0.2) is 4.98 Å². The van der Waals surface area contributed by atoms with Crippen molar-refractivity contribution in [3.05, 3.63) is 23.4 Å². The summed E-state index contributed by atoms with van der Waals surface area (Å²) in [5.74, 6) is 1.70. The first-order valence-corrected chi connectivity index (χ1v) is 7.57. The van der Waals surface area contributed by atoms with Crippen LogP contribution in [0.5, 0.6) is 0 Å². The maximum Gasteiger partial charge on any atom is 0.129 e. The number of anilines is 1. The number of halogens is 1. The van der Waals surface area contributed by atoms with Crippen LogP contribution in [-0.2, 0) is 12.3 Å². The lowest BCUT2D eigenvalue weighted by atomic mass is 10.1. The molecular formula is C15H23ClN2. The maximum absolute atomic E-state index is 5.99. The van der Waals surface area contributed by atoms with E-state index in [0.29, 0.717) is 18.0 Å². The molecule has 18 heavy (non-hydrogen) atoms. The predicted molar refractivity (Wildman–Crippen MR) is 78.4 cm³/mol. The molecule has 1 aromatic heterocycles. The average molecular weight is 267 g/mol. The summed E-state index contributed by atoms with van der Waals surface area (Å²) < 4.78 is 0. The monoisotopic (exact) mass is 266 g/mol. The van der Waals surface area contributed by atoms with E-state index in [9.17, 15) is 0 Å². The van der Waals surface area contributed by atoms with Crippen molar-refractivity contribution in [3.63, 3.8) is 0 Å². The number of aryl methyl sites for hydroxylation is 1. The normalized spacial score (nSPS) is 23.7. The van der Waals surface area contributed by atoms with Crippen molar-refractivity contribution in [1.82, 2.24) is 4.98 Å². The topological polar surface area (TPSA) is 16.1 Å². The van der Waals surface area contributed by atoms with E-state index >= 15 is 0 Å². The van der Waals surface area contributed by atoms with E-state index in [-0.39, 0.29) is 0 Å². The third-order valence-corrected chi connectivity index (χ3v) is 4.27. The molecule has 0 amide bonds. The summed E-state index contributed by atoms with van der Waals surface area (Å²) in [6.07, 6.45) is 4.72. The molecule has 100 valence electrons. The van der Waals surface area contributed by atoms with E-state index in [1.807, 2.05) is 0 Å². The lowest BCUT2D eigenvalue weighted by molar-refractivity contribution is 0.619. The summed E-state index contributed by atoms with van der Waals surface area (Å²) in [6.45, 7) is 6.72. The molecule has 2 rings (SSSR count). The molecule has 0 aliphatic carbocycles. The van der Waals surface area contributed by atoms with Gasteiger partial charge in [-0.3, -0.25) is 0 Å². The summed E-state index contributed by atoms with van der Waals surface area (Å²) in [6, 6.07) is 5.52. The fraction of sp³-hybridized carbons (Fsp3) is 0.667. The summed E-state index contributed by atoms with van der Waals surface area (Å²) >= 11 is 5.99. The smallest absolute Gasteiger partial charge is 0.129 e. The Morgan fingerprint density at radius 2 is 2.11 bits per heavy atom. The summed E-state index contributed by atoms with van der Waals surface area (Å²) in [5, 5.41) is 0. The van der Waals surface area contributed by atoms with Gasteiger partial charge in [-0.05, 0) is 50.3 Å². The lowest BCUT2D eigenvalue weighted by Gasteiger charge is -2.29. The van der Waals surface area contributed by atoms with Gasteiger partial charge in [-0.15, -0.1) is 11.6 Å². The molecule has 0 bridgehead atoms. The van der Waals surface area contributed by atoms with Crippen molar-refractivity contribution < 1.29 is 0 Å². The fourth-order valence-electron chi connectivity index (χ4n) is 2.91. The van der Waals surface area contributed by atoms with Gasteiger partial charge in [0.2, 0.25) is 0 Å². The first kappa shape index (κ1) is 13.7. The molecule has 1 aromatic rings. The van der Waals surface area contributed by atoms with Gasteiger partial charge in [0.15, 0.2) is 0 Å². The molecule has 1 aliphatic rings. The second-order valence-corrected chi connectivity index (χ2v) is 5.48. The van der Waals surface area contributed by atoms with Crippen molar-refractivity contribution >= 4 is 17.4 Å². The van der Waals surface area contributed by atoms with Crippen molar-refractivity contribution in [3.8, 4) is 0 Å². The van der Waals surface area contributed by atoms with E-state index in [2.05, 4.69) is 37.8 Å². The SMILES string of the molecule is CCc1cc(CCl)cc(N2C(C)CCC2CC)n1. The molecule has 1 aliphatic heterocycles. The van der Waals surface area contributed by atoms with Crippen LogP contribution < -0.4 is 4.90 Å². The van der Waals surface area contributed by atoms with Gasteiger partial charge >= 0.3 is 0 Å². The molecule has 2 heterocycles. The van der Waals surface area contributed by atoms with Crippen LogP contribution in [0.1, 0.15) is 51.3 Å². The summed E-state index contributed by atoms with van der Waals surface area (Å²) in [4.78, 5) is 7.29. The second kappa shape index (κ2) is 5.92. The minimum atomic E-state index is 0.571. The Morgan fingerprint density at radius 1 is 1.33 bits per heavy atom. The molecule has 0 N–H and O–H groups in total. The standard InChI is InChI=1S/C15H23ClN2/c1-4-13-8-12(10-16)9-15(17-13)18-11(3)6-7-14(18)5-2/h8-9,11,14H,4-7,10H2,1-3H3. The molecule has 2 unspecified atom stereocenters. The van der Waals surface area contributed by atoms with Crippen LogP contribution in [0, 0.1) is 0 Å². The Morgan fingerprint density at radius 3 is 2.72 bits per heavy atom. The van der Waals surface area contributed by atoms with Gasteiger partial charge in [-0.1, -0.05) is 13.8 Å². The zero-order valence-corrected chi connectivity index (χ0v) is 12.4. The second-order valence-electron chi connectivity index (χ2n) is 5.21. The Hall–Kier alpha value is -0.760. The quantitative estimate of drug-likeness (QED) is 0.761. The molecule has 1 saturated heterocycles. The average Bonchev–Trinajstić information content (AvgIpc) is 2.79. The van der Waals surface area contributed by atoms with Gasteiger partial charge in [0, 0.05) is 23.7 Å². The summed E-state index contributed by atoms with van der Waals surface area (Å²) in [7, 11) is 0. The largest absolute Gasteiger partial charge is 0.351 e. The lowest BCUT2D eigenvalue weighted by Crippen LogP contribution is -2.35. The van der Waals surface area contributed by atoms with Crippen LogP contribution in [0.2, 0.25) is 0 Å². The molecule has 0 aromatic carbocycles. The van der Waals surface area contributed by atoms with E-state index < -0.39 is 0 Å². The molecule has 1 fully saturated rings. The van der Waals surface area contributed by atoms with Gasteiger partial charge < -0.3 is 4.90 Å². The van der Waals surface area contributed by atoms with Crippen molar-refractivity contribution in [2.45, 2.75) is 64.4 Å². The molecule has 2 atom stereocenters. The number of hydrogen-bond donors (Lipinski definition) is 0. The number of rotatable bonds is 4. The number of aromatic nitrogens is 1. The number of alkyl halides is 1. The van der Waals surface area contributed by atoms with E-state index in [4.69, 9.17) is 16.6 Å². The van der Waals surface area contributed by atoms with Crippen LogP contribution >= 0.6 is 11.6 Å². The van der Waals surface area contributed by atoms with Crippen LogP contribution in [-0.4, -0.2) is 17.1 Å². The van der Waals surface area contributed by atoms with Gasteiger partial charge in [0.1, 0.15) is 5.82 Å². The van der Waals surface area contributed by atoms with E-state index in [1.165, 1.54) is 24.8 Å². The molecule has 2 nitrogen and oxygen atoms in total. The molecule has 0 radical (unpaired) electrons. The Labute approximate surface area is 115 Å². The zero-order valence-electron chi connectivity index (χ0n) is 11.6. The molecule has 0 saturated carbocycles. The molecule has 0 spiro atoms. The Bertz CT molecular complexity index is 383. The van der Waals surface area contributed by atoms with Crippen molar-refractivity contribution in [1.29, 1.82) is 0 Å². The summed E-state index contributed by atoms with van der Waals surface area (Å²) in [5.41, 5.74) is 2.34. The Kier molecular flexibility index (Phi) is 4.50. The molecule has 3 heteroatoms. The first-order valence-electron chi connectivity index (χ1n) is 7.03. The minimum absolute atomic E-state index is 0.571. The maximum atomic E-state index is 5.99. The van der Waals surface area contributed by atoms with Crippen LogP contribution in [0.25, 0.3) is 0 Å². The number of hydrogen-bond acceptors (Lipinski definition) is 2. The van der Waals surface area contributed by atoms with Crippen molar-refractivity contribution in [2.24, 2.45) is 0 Å². The van der Waals surface area contributed by atoms with Crippen LogP contribution in [0.4, 0.5) is 5.82 Å². The molecular weight excluding hydrogens is 244 g/mol. The van der Waals surface area contributed by atoms with Crippen LogP contribution in [0.15, 0.2) is 12.1 Å². The van der Waals surface area contributed by atoms with E-state index in [0.717, 1.165) is 17.9 Å². The third kappa shape index (κ3) is 2.64. The highest BCUT2D eigenvalue weighted by molar-refractivity contribution is 6.17. The highest BCUT2D eigenvalue weighted by Crippen LogP contribution is 2.31.